The Bertz CT molecular complexity index is 813. The first-order chi connectivity index (χ1) is 16.6. The normalized spacial score (nSPS) is 20.9. The quantitative estimate of drug-likeness (QED) is 0.290. The molecular weight excluding hydrogens is 483 g/mol. The minimum atomic E-state index is -1.80. The van der Waals surface area contributed by atoms with E-state index in [4.69, 9.17) is 0 Å². The molecule has 0 aliphatic heterocycles. The van der Waals surface area contributed by atoms with Gasteiger partial charge < -0.3 is 15.4 Å². The molecule has 0 spiro atoms. The summed E-state index contributed by atoms with van der Waals surface area (Å²) in [6.07, 6.45) is 5.37. The average Bonchev–Trinajstić information content (AvgIpc) is 3.45. The maximum Gasteiger partial charge on any atom is 0.258 e. The Balaban J connectivity index is 0.000000395. The van der Waals surface area contributed by atoms with E-state index in [2.05, 4.69) is 47.5 Å². The molecule has 2 aliphatic rings. The predicted molar refractivity (Wildman–Crippen MR) is 148 cm³/mol. The SMILES string of the molecule is CC.CNCc1ccc(CS)cc1.CSC(C)(C)C(NC(=O)C1(F)CC1)C(=O)C1CCCC1C=O. The Labute approximate surface area is 220 Å². The molecule has 35 heavy (non-hydrogen) atoms. The van der Waals surface area contributed by atoms with E-state index in [-0.39, 0.29) is 30.5 Å². The highest BCUT2D eigenvalue weighted by Crippen LogP contribution is 2.41. The smallest absolute Gasteiger partial charge is 0.258 e. The van der Waals surface area contributed by atoms with Gasteiger partial charge in [0.25, 0.3) is 5.91 Å². The van der Waals surface area contributed by atoms with Gasteiger partial charge >= 0.3 is 0 Å². The Morgan fingerprint density at radius 1 is 1.20 bits per heavy atom. The monoisotopic (exact) mass is 526 g/mol. The number of thiol groups is 1. The fourth-order valence-electron chi connectivity index (χ4n) is 3.99. The van der Waals surface area contributed by atoms with Crippen LogP contribution < -0.4 is 10.6 Å². The van der Waals surface area contributed by atoms with Gasteiger partial charge in [0.2, 0.25) is 0 Å². The van der Waals surface area contributed by atoms with Crippen LogP contribution in [0.15, 0.2) is 24.3 Å². The molecule has 2 saturated carbocycles. The van der Waals surface area contributed by atoms with E-state index in [0.717, 1.165) is 25.0 Å². The summed E-state index contributed by atoms with van der Waals surface area (Å²) >= 11 is 5.64. The average molecular weight is 527 g/mol. The molecule has 0 saturated heterocycles. The van der Waals surface area contributed by atoms with Crippen LogP contribution >= 0.6 is 24.4 Å². The molecule has 8 heteroatoms. The first-order valence-electron chi connectivity index (χ1n) is 12.5. The molecule has 198 valence electrons. The van der Waals surface area contributed by atoms with Crippen molar-refractivity contribution in [2.24, 2.45) is 11.8 Å². The lowest BCUT2D eigenvalue weighted by molar-refractivity contribution is -0.135. The van der Waals surface area contributed by atoms with Gasteiger partial charge in [-0.25, -0.2) is 4.39 Å². The third kappa shape index (κ3) is 9.21. The summed E-state index contributed by atoms with van der Waals surface area (Å²) in [6.45, 7) is 8.67. The zero-order valence-corrected chi connectivity index (χ0v) is 23.7. The fourth-order valence-corrected chi connectivity index (χ4v) is 4.61. The van der Waals surface area contributed by atoms with Gasteiger partial charge in [-0.2, -0.15) is 24.4 Å². The summed E-state index contributed by atoms with van der Waals surface area (Å²) in [7, 11) is 1.95. The Morgan fingerprint density at radius 3 is 2.23 bits per heavy atom. The number of amides is 1. The topological polar surface area (TPSA) is 75.3 Å². The Kier molecular flexibility index (Phi) is 13.6. The number of ketones is 1. The van der Waals surface area contributed by atoms with Gasteiger partial charge in [0.15, 0.2) is 11.5 Å². The third-order valence-electron chi connectivity index (χ3n) is 6.57. The number of carbonyl (C=O) groups is 3. The Hall–Kier alpha value is -1.38. The van der Waals surface area contributed by atoms with Crippen molar-refractivity contribution in [1.82, 2.24) is 10.6 Å². The van der Waals surface area contributed by atoms with Gasteiger partial charge in [0, 0.05) is 28.9 Å². The Morgan fingerprint density at radius 2 is 1.77 bits per heavy atom. The van der Waals surface area contributed by atoms with Gasteiger partial charge in [-0.1, -0.05) is 44.5 Å². The zero-order chi connectivity index (χ0) is 26.6. The molecule has 3 atom stereocenters. The molecule has 0 bridgehead atoms. The van der Waals surface area contributed by atoms with E-state index >= 15 is 0 Å². The van der Waals surface area contributed by atoms with Crippen molar-refractivity contribution in [3.05, 3.63) is 35.4 Å². The molecule has 3 rings (SSSR count). The highest BCUT2D eigenvalue weighted by molar-refractivity contribution is 8.00. The first-order valence-corrected chi connectivity index (χ1v) is 14.3. The van der Waals surface area contributed by atoms with Gasteiger partial charge in [0.1, 0.15) is 12.3 Å². The van der Waals surface area contributed by atoms with Gasteiger partial charge in [-0.3, -0.25) is 9.59 Å². The molecule has 2 aliphatic carbocycles. The number of benzene rings is 1. The highest BCUT2D eigenvalue weighted by Gasteiger charge is 2.53. The minimum Gasteiger partial charge on any atom is -0.342 e. The summed E-state index contributed by atoms with van der Waals surface area (Å²) in [5.74, 6) is -0.631. The van der Waals surface area contributed by atoms with Crippen LogP contribution in [-0.2, 0) is 26.7 Å². The molecule has 1 aromatic carbocycles. The molecule has 0 aromatic heterocycles. The second-order valence-electron chi connectivity index (χ2n) is 9.42. The van der Waals surface area contributed by atoms with Crippen molar-refractivity contribution >= 4 is 42.4 Å². The molecular formula is C27H43FN2O3S2. The molecule has 0 radical (unpaired) electrons. The summed E-state index contributed by atoms with van der Waals surface area (Å²) < 4.78 is 13.4. The van der Waals surface area contributed by atoms with E-state index in [9.17, 15) is 18.8 Å². The van der Waals surface area contributed by atoms with Crippen molar-refractivity contribution in [2.75, 3.05) is 13.3 Å². The summed E-state index contributed by atoms with van der Waals surface area (Å²) in [4.78, 5) is 36.1. The second-order valence-corrected chi connectivity index (χ2v) is 11.2. The fraction of sp³-hybridized carbons (Fsp3) is 0.667. The maximum atomic E-state index is 13.9. The summed E-state index contributed by atoms with van der Waals surface area (Å²) in [5, 5.41) is 5.73. The summed E-state index contributed by atoms with van der Waals surface area (Å²) in [6, 6.07) is 7.71. The van der Waals surface area contributed by atoms with E-state index in [1.165, 1.54) is 22.9 Å². The largest absolute Gasteiger partial charge is 0.342 e. The van der Waals surface area contributed by atoms with Gasteiger partial charge in [0.05, 0.1) is 0 Å². The number of rotatable bonds is 10. The number of halogens is 1. The van der Waals surface area contributed by atoms with Crippen LogP contribution in [0.4, 0.5) is 4.39 Å². The van der Waals surface area contributed by atoms with Crippen molar-refractivity contribution in [3.8, 4) is 0 Å². The molecule has 1 amide bonds. The van der Waals surface area contributed by atoms with Crippen LogP contribution in [0.5, 0.6) is 0 Å². The molecule has 5 nitrogen and oxygen atoms in total. The van der Waals surface area contributed by atoms with Crippen LogP contribution in [0.1, 0.15) is 70.9 Å². The lowest BCUT2D eigenvalue weighted by Crippen LogP contribution is -2.56. The third-order valence-corrected chi connectivity index (χ3v) is 8.23. The van der Waals surface area contributed by atoms with Gasteiger partial charge in [-0.15, -0.1) is 0 Å². The number of alkyl halides is 1. The van der Waals surface area contributed by atoms with E-state index in [1.807, 2.05) is 41.0 Å². The van der Waals surface area contributed by atoms with Crippen molar-refractivity contribution in [1.29, 1.82) is 0 Å². The van der Waals surface area contributed by atoms with Crippen LogP contribution in [0, 0.1) is 11.8 Å². The summed E-state index contributed by atoms with van der Waals surface area (Å²) in [5.41, 5.74) is 0.790. The van der Waals surface area contributed by atoms with Crippen LogP contribution in [0.3, 0.4) is 0 Å². The predicted octanol–water partition coefficient (Wildman–Crippen LogP) is 5.16. The highest BCUT2D eigenvalue weighted by atomic mass is 32.2. The minimum absolute atomic E-state index is 0.133. The lowest BCUT2D eigenvalue weighted by Gasteiger charge is -2.35. The number of carbonyl (C=O) groups excluding carboxylic acids is 3. The molecule has 2 N–H and O–H groups in total. The number of hydrogen-bond donors (Lipinski definition) is 3. The van der Waals surface area contributed by atoms with Crippen LogP contribution in [-0.4, -0.2) is 47.7 Å². The number of aldehydes is 1. The van der Waals surface area contributed by atoms with Crippen molar-refractivity contribution in [2.45, 2.75) is 88.6 Å². The molecule has 3 unspecified atom stereocenters. The molecule has 0 heterocycles. The van der Waals surface area contributed by atoms with Crippen molar-refractivity contribution < 1.29 is 18.8 Å². The van der Waals surface area contributed by atoms with Gasteiger partial charge in [-0.05, 0) is 64.0 Å². The van der Waals surface area contributed by atoms with Crippen LogP contribution in [0.2, 0.25) is 0 Å². The van der Waals surface area contributed by atoms with Crippen LogP contribution in [0.25, 0.3) is 0 Å². The number of nitrogens with one attached hydrogen (secondary N) is 2. The van der Waals surface area contributed by atoms with E-state index in [1.54, 1.807) is 0 Å². The lowest BCUT2D eigenvalue weighted by atomic mass is 9.84. The van der Waals surface area contributed by atoms with E-state index < -0.39 is 22.4 Å². The molecule has 1 aromatic rings. The second kappa shape index (κ2) is 15.0. The standard InChI is InChI=1S/C16H24FNO3S.C9H13NS.C2H6/c1-15(2,22-3)13(18-14(21)16(17)7-8-16)12(20)11-6-4-5-10(11)9-19;1-10-6-8-2-4-9(7-11)5-3-8;1-2/h9-11,13H,4-8H2,1-3H3,(H,18,21);2-5,10-11H,6-7H2,1H3;1-2H3. The number of Topliss-reactive ketones (excluding diaryl/α,β-unsaturated/α-hetero) is 1. The maximum absolute atomic E-state index is 13.9. The molecule has 2 fully saturated rings. The number of hydrogen-bond acceptors (Lipinski definition) is 6. The number of thioether (sulfide) groups is 1. The van der Waals surface area contributed by atoms with Crippen molar-refractivity contribution in [3.63, 3.8) is 0 Å². The first kappa shape index (κ1) is 31.6. The zero-order valence-electron chi connectivity index (χ0n) is 22.0. The van der Waals surface area contributed by atoms with E-state index in [0.29, 0.717) is 12.8 Å².